The zero-order chi connectivity index (χ0) is 25.0. The average Bonchev–Trinajstić information content (AvgIpc) is 3.26. The molecule has 1 aromatic carbocycles. The van der Waals surface area contributed by atoms with Gasteiger partial charge in [-0.15, -0.1) is 10.2 Å². The molecule has 12 nitrogen and oxygen atoms in total. The quantitative estimate of drug-likeness (QED) is 0.370. The van der Waals surface area contributed by atoms with Crippen LogP contribution in [0.3, 0.4) is 0 Å². The number of alkyl halides is 1. The molecule has 0 atom stereocenters. The second-order valence-corrected chi connectivity index (χ2v) is 10.3. The van der Waals surface area contributed by atoms with Crippen LogP contribution >= 0.6 is 0 Å². The van der Waals surface area contributed by atoms with Gasteiger partial charge in [0.15, 0.2) is 5.76 Å². The van der Waals surface area contributed by atoms with Gasteiger partial charge in [-0.2, -0.15) is 0 Å². The van der Waals surface area contributed by atoms with Gasteiger partial charge >= 0.3 is 5.69 Å². The monoisotopic (exact) mass is 504 g/mol. The van der Waals surface area contributed by atoms with E-state index in [0.29, 0.717) is 24.4 Å². The summed E-state index contributed by atoms with van der Waals surface area (Å²) in [7, 11) is -4.12. The number of aromatic nitrogens is 5. The molecule has 0 spiro atoms. The highest BCUT2D eigenvalue weighted by molar-refractivity contribution is 7.89. The number of halogens is 1. The fourth-order valence-electron chi connectivity index (χ4n) is 3.80. The number of fused-ring (bicyclic) bond motifs is 1. The van der Waals surface area contributed by atoms with E-state index >= 15 is 0 Å². The van der Waals surface area contributed by atoms with Crippen molar-refractivity contribution in [2.75, 3.05) is 6.67 Å². The maximum absolute atomic E-state index is 13.4. The molecule has 1 aliphatic rings. The van der Waals surface area contributed by atoms with Crippen LogP contribution in [0.5, 0.6) is 0 Å². The molecule has 1 saturated carbocycles. The fourth-order valence-corrected chi connectivity index (χ4v) is 5.27. The van der Waals surface area contributed by atoms with Gasteiger partial charge in [0, 0.05) is 13.0 Å². The minimum atomic E-state index is -4.12. The predicted octanol–water partition coefficient (Wildman–Crippen LogP) is 1.03. The highest BCUT2D eigenvalue weighted by Gasteiger charge is 2.46. The lowest BCUT2D eigenvalue weighted by Crippen LogP contribution is -2.41. The van der Waals surface area contributed by atoms with Crippen LogP contribution in [-0.4, -0.2) is 45.1 Å². The van der Waals surface area contributed by atoms with Crippen molar-refractivity contribution in [3.8, 4) is 0 Å². The fraction of sp³-hybridized carbons (Fsp3) is 0.381. The lowest BCUT2D eigenvalue weighted by Gasteiger charge is -2.16. The Kier molecular flexibility index (Phi) is 5.44. The van der Waals surface area contributed by atoms with Crippen LogP contribution in [0.4, 0.5) is 4.39 Å². The van der Waals surface area contributed by atoms with Crippen molar-refractivity contribution in [2.45, 2.75) is 50.2 Å². The molecule has 1 N–H and O–H groups in total. The highest BCUT2D eigenvalue weighted by atomic mass is 32.2. The molecular formula is C21H21FN6O6S. The first-order chi connectivity index (χ1) is 16.6. The number of nitrogens with one attached hydrogen (secondary N) is 1. The molecule has 0 amide bonds. The first-order valence-corrected chi connectivity index (χ1v) is 12.2. The van der Waals surface area contributed by atoms with Gasteiger partial charge < -0.3 is 8.94 Å². The third-order valence-corrected chi connectivity index (χ3v) is 7.39. The molecule has 1 aliphatic carbocycles. The van der Waals surface area contributed by atoms with Gasteiger partial charge in [-0.25, -0.2) is 22.3 Å². The number of rotatable bonds is 8. The van der Waals surface area contributed by atoms with E-state index in [4.69, 9.17) is 8.94 Å². The van der Waals surface area contributed by atoms with E-state index in [9.17, 15) is 22.4 Å². The van der Waals surface area contributed by atoms with Crippen LogP contribution in [0.25, 0.3) is 10.9 Å². The largest absolute Gasteiger partial charge is 0.424 e. The van der Waals surface area contributed by atoms with Crippen LogP contribution in [0.1, 0.15) is 36.1 Å². The van der Waals surface area contributed by atoms with Crippen molar-refractivity contribution < 1.29 is 21.7 Å². The molecule has 3 heterocycles. The first-order valence-electron chi connectivity index (χ1n) is 10.7. The summed E-state index contributed by atoms with van der Waals surface area (Å²) in [6.07, 6.45) is 0.783. The summed E-state index contributed by atoms with van der Waals surface area (Å²) in [6, 6.07) is 5.37. The summed E-state index contributed by atoms with van der Waals surface area (Å²) in [5.74, 6) is 0.693. The number of nitrogens with zero attached hydrogens (tertiary/aromatic N) is 5. The molecular weight excluding hydrogens is 483 g/mol. The van der Waals surface area contributed by atoms with Gasteiger partial charge in [-0.1, -0.05) is 5.16 Å². The molecule has 0 saturated heterocycles. The Hall–Kier alpha value is -3.65. The Bertz CT molecular complexity index is 1660. The SMILES string of the molecule is Cc1cc(Cn2c(=O)c3cc(S(=O)(=O)NC4(CF)CC4)ccc3n(Cc3nnc(C)o3)c2=O)on1. The predicted molar refractivity (Wildman–Crippen MR) is 119 cm³/mol. The summed E-state index contributed by atoms with van der Waals surface area (Å²) >= 11 is 0. The third kappa shape index (κ3) is 4.30. The molecule has 35 heavy (non-hydrogen) atoms. The number of benzene rings is 1. The van der Waals surface area contributed by atoms with Crippen LogP contribution in [0.2, 0.25) is 0 Å². The maximum Gasteiger partial charge on any atom is 0.332 e. The first kappa shape index (κ1) is 23.1. The maximum atomic E-state index is 13.4. The standard InChI is InChI=1S/C21H21FN6O6S/c1-12-7-14(34-25-12)9-28-19(29)16-8-15(35(31,32)26-21(11-22)5-6-21)3-4-17(16)27(20(28)30)10-18-24-23-13(2)33-18/h3-4,7-8,26H,5-6,9-11H2,1-2H3. The second kappa shape index (κ2) is 8.23. The van der Waals surface area contributed by atoms with E-state index in [2.05, 4.69) is 20.1 Å². The minimum absolute atomic E-state index is 0.0370. The number of sulfonamides is 1. The molecule has 0 bridgehead atoms. The van der Waals surface area contributed by atoms with Crippen molar-refractivity contribution in [2.24, 2.45) is 0 Å². The van der Waals surface area contributed by atoms with Gasteiger partial charge in [0.2, 0.25) is 21.8 Å². The third-order valence-electron chi connectivity index (χ3n) is 5.82. The topological polar surface area (TPSA) is 155 Å². The molecule has 5 rings (SSSR count). The molecule has 0 radical (unpaired) electrons. The molecule has 0 unspecified atom stereocenters. The van der Waals surface area contributed by atoms with Crippen LogP contribution in [0.15, 0.2) is 47.7 Å². The van der Waals surface area contributed by atoms with E-state index in [1.165, 1.54) is 22.8 Å². The van der Waals surface area contributed by atoms with Crippen molar-refractivity contribution in [1.29, 1.82) is 0 Å². The number of aryl methyl sites for hydroxylation is 2. The summed E-state index contributed by atoms with van der Waals surface area (Å²) in [4.78, 5) is 26.5. The van der Waals surface area contributed by atoms with Crippen molar-refractivity contribution in [3.63, 3.8) is 0 Å². The van der Waals surface area contributed by atoms with E-state index in [-0.39, 0.29) is 40.5 Å². The summed E-state index contributed by atoms with van der Waals surface area (Å²) in [5, 5.41) is 11.4. The van der Waals surface area contributed by atoms with Crippen LogP contribution in [0, 0.1) is 13.8 Å². The Labute approximate surface area is 197 Å². The van der Waals surface area contributed by atoms with Crippen LogP contribution < -0.4 is 16.0 Å². The average molecular weight is 505 g/mol. The van der Waals surface area contributed by atoms with Crippen molar-refractivity contribution in [3.05, 3.63) is 68.3 Å². The summed E-state index contributed by atoms with van der Waals surface area (Å²) in [5.41, 5.74) is -1.77. The normalized spacial score (nSPS) is 15.1. The van der Waals surface area contributed by atoms with E-state index in [1.807, 2.05) is 0 Å². The summed E-state index contributed by atoms with van der Waals surface area (Å²) in [6.45, 7) is 2.09. The van der Waals surface area contributed by atoms with Gasteiger partial charge in [0.25, 0.3) is 5.56 Å². The summed E-state index contributed by atoms with van der Waals surface area (Å²) < 4.78 is 54.2. The van der Waals surface area contributed by atoms with E-state index in [1.54, 1.807) is 19.9 Å². The molecule has 1 fully saturated rings. The molecule has 0 aliphatic heterocycles. The minimum Gasteiger partial charge on any atom is -0.424 e. The molecule has 14 heteroatoms. The Morgan fingerprint density at radius 3 is 2.49 bits per heavy atom. The van der Waals surface area contributed by atoms with Crippen molar-refractivity contribution in [1.82, 2.24) is 29.2 Å². The Morgan fingerprint density at radius 2 is 1.89 bits per heavy atom. The zero-order valence-corrected chi connectivity index (χ0v) is 19.6. The number of hydrogen-bond donors (Lipinski definition) is 1. The lowest BCUT2D eigenvalue weighted by molar-refractivity contribution is 0.368. The highest BCUT2D eigenvalue weighted by Crippen LogP contribution is 2.37. The molecule has 184 valence electrons. The van der Waals surface area contributed by atoms with Crippen molar-refractivity contribution >= 4 is 20.9 Å². The van der Waals surface area contributed by atoms with Gasteiger partial charge in [0.05, 0.1) is 33.6 Å². The Morgan fingerprint density at radius 1 is 1.11 bits per heavy atom. The van der Waals surface area contributed by atoms with E-state index in [0.717, 1.165) is 4.57 Å². The molecule has 3 aromatic heterocycles. The number of hydrogen-bond acceptors (Lipinski definition) is 9. The van der Waals surface area contributed by atoms with Crippen LogP contribution in [-0.2, 0) is 23.1 Å². The Balaban J connectivity index is 1.68. The second-order valence-electron chi connectivity index (χ2n) is 8.61. The van der Waals surface area contributed by atoms with E-state index < -0.39 is 33.5 Å². The zero-order valence-electron chi connectivity index (χ0n) is 18.8. The smallest absolute Gasteiger partial charge is 0.332 e. The van der Waals surface area contributed by atoms with Gasteiger partial charge in [-0.3, -0.25) is 13.9 Å². The van der Waals surface area contributed by atoms with Gasteiger partial charge in [-0.05, 0) is 38.0 Å². The van der Waals surface area contributed by atoms with Gasteiger partial charge in [0.1, 0.15) is 13.2 Å². The molecule has 4 aromatic rings. The lowest BCUT2D eigenvalue weighted by atomic mass is 10.2.